The molecule has 46 heavy (non-hydrogen) atoms. The molecule has 0 aliphatic carbocycles. The second kappa shape index (κ2) is 11.5. The Morgan fingerprint density at radius 3 is 1.63 bits per heavy atom. The van der Waals surface area contributed by atoms with E-state index in [9.17, 15) is 5.26 Å². The summed E-state index contributed by atoms with van der Waals surface area (Å²) < 4.78 is 0. The highest BCUT2D eigenvalue weighted by Crippen LogP contribution is 2.39. The average molecular weight is 604 g/mol. The minimum absolute atomic E-state index is 0.557. The van der Waals surface area contributed by atoms with E-state index >= 15 is 0 Å². The predicted octanol–water partition coefficient (Wildman–Crippen LogP) is 7.45. The van der Waals surface area contributed by atoms with Gasteiger partial charge in [0.05, 0.1) is 11.3 Å². The molecule has 0 amide bonds. The van der Waals surface area contributed by atoms with Gasteiger partial charge in [-0.25, -0.2) is 0 Å². The Morgan fingerprint density at radius 2 is 1.04 bits per heavy atom. The Bertz CT molecular complexity index is 2130. The molecule has 8 rings (SSSR count). The Kier molecular flexibility index (Phi) is 6.87. The highest BCUT2D eigenvalue weighted by atomic mass is 28.3. The number of hydrogen-bond donors (Lipinski definition) is 0. The first-order valence-electron chi connectivity index (χ1n) is 15.4. The Morgan fingerprint density at radius 1 is 0.500 bits per heavy atom. The Labute approximate surface area is 270 Å². The zero-order chi connectivity index (χ0) is 30.9. The largest absolute Gasteiger partial charge is 0.311 e. The summed E-state index contributed by atoms with van der Waals surface area (Å²) in [6, 6.07) is 63.3. The van der Waals surface area contributed by atoms with Crippen molar-refractivity contribution >= 4 is 45.9 Å². The number of pyridine rings is 1. The molecule has 0 radical (unpaired) electrons. The average Bonchev–Trinajstić information content (AvgIpc) is 3.14. The van der Waals surface area contributed by atoms with E-state index < -0.39 is 8.07 Å². The normalized spacial score (nSPS) is 12.9. The van der Waals surface area contributed by atoms with Gasteiger partial charge in [-0.15, -0.1) is 0 Å². The van der Waals surface area contributed by atoms with Gasteiger partial charge in [0.15, 0.2) is 8.07 Å². The quantitative estimate of drug-likeness (QED) is 0.192. The van der Waals surface area contributed by atoms with Crippen LogP contribution in [0.3, 0.4) is 0 Å². The lowest BCUT2D eigenvalue weighted by Gasteiger charge is -2.45. The molecule has 0 atom stereocenters. The fourth-order valence-electron chi connectivity index (χ4n) is 7.00. The molecule has 6 aromatic carbocycles. The molecular weight excluding hydrogens is 575 g/mol. The van der Waals surface area contributed by atoms with Crippen LogP contribution < -0.4 is 25.6 Å². The van der Waals surface area contributed by atoms with E-state index in [2.05, 4.69) is 174 Å². The summed E-state index contributed by atoms with van der Waals surface area (Å²) in [5.41, 5.74) is 8.21. The smallest absolute Gasteiger partial charge is 0.184 e. The van der Waals surface area contributed by atoms with Gasteiger partial charge in [-0.1, -0.05) is 127 Å². The number of hydrogen-bond acceptors (Lipinski definition) is 3. The van der Waals surface area contributed by atoms with E-state index in [-0.39, 0.29) is 0 Å². The van der Waals surface area contributed by atoms with Crippen LogP contribution in [0.1, 0.15) is 5.56 Å². The Hall–Kier alpha value is -6.02. The maximum Gasteiger partial charge on any atom is 0.184 e. The maximum absolute atomic E-state index is 9.20. The summed E-state index contributed by atoms with van der Waals surface area (Å²) in [7, 11) is -2.65. The summed E-state index contributed by atoms with van der Waals surface area (Å²) in [6.07, 6.45) is 1.63. The summed E-state index contributed by atoms with van der Waals surface area (Å²) in [5, 5.41) is 14.7. The third-order valence-corrected chi connectivity index (χ3v) is 13.9. The fraction of sp³-hybridized carbons (Fsp3) is 0. The fourth-order valence-corrected chi connectivity index (χ4v) is 12.1. The van der Waals surface area contributed by atoms with E-state index in [0.717, 1.165) is 28.1 Å². The topological polar surface area (TPSA) is 39.9 Å². The zero-order valence-corrected chi connectivity index (χ0v) is 26.1. The summed E-state index contributed by atoms with van der Waals surface area (Å²) >= 11 is 0. The molecule has 0 spiro atoms. The van der Waals surface area contributed by atoms with E-state index in [4.69, 9.17) is 0 Å². The minimum atomic E-state index is -2.65. The van der Waals surface area contributed by atoms with Crippen molar-refractivity contribution in [1.82, 2.24) is 4.98 Å². The van der Waals surface area contributed by atoms with E-state index in [0.29, 0.717) is 5.56 Å². The standard InChI is InChI=1S/C42H29N3Si/c43-29-31-25-26-38(44-30-31)34-15-11-13-32(27-34)33-14-12-16-35(28-33)45-39-21-7-9-23-41(39)46(36-17-3-1-4-18-36,37-19-5-2-6-20-37)42-24-10-8-22-40(42)45/h1-28,30H. The van der Waals surface area contributed by atoms with Crippen LogP contribution in [0.2, 0.25) is 0 Å². The molecular formula is C42H29N3Si. The monoisotopic (exact) mass is 603 g/mol. The van der Waals surface area contributed by atoms with Crippen molar-refractivity contribution in [2.24, 2.45) is 0 Å². The van der Waals surface area contributed by atoms with Gasteiger partial charge in [-0.05, 0) is 74.3 Å². The van der Waals surface area contributed by atoms with Crippen LogP contribution in [0.4, 0.5) is 17.1 Å². The van der Waals surface area contributed by atoms with Gasteiger partial charge in [0.1, 0.15) is 6.07 Å². The molecule has 0 bridgehead atoms. The number of nitriles is 1. The van der Waals surface area contributed by atoms with E-state index in [1.807, 2.05) is 12.1 Å². The van der Waals surface area contributed by atoms with E-state index in [1.54, 1.807) is 6.20 Å². The summed E-state index contributed by atoms with van der Waals surface area (Å²) in [5.74, 6) is 0. The first kappa shape index (κ1) is 27.5. The molecule has 0 unspecified atom stereocenters. The number of para-hydroxylation sites is 2. The van der Waals surface area contributed by atoms with Gasteiger partial charge >= 0.3 is 0 Å². The van der Waals surface area contributed by atoms with Crippen LogP contribution in [-0.2, 0) is 0 Å². The van der Waals surface area contributed by atoms with Crippen LogP contribution in [0.25, 0.3) is 22.4 Å². The molecule has 1 aliphatic heterocycles. The second-order valence-corrected chi connectivity index (χ2v) is 15.3. The van der Waals surface area contributed by atoms with Gasteiger partial charge in [0, 0.05) is 28.8 Å². The molecule has 1 aromatic heterocycles. The first-order valence-corrected chi connectivity index (χ1v) is 17.4. The van der Waals surface area contributed by atoms with Crippen molar-refractivity contribution in [1.29, 1.82) is 5.26 Å². The van der Waals surface area contributed by atoms with Crippen molar-refractivity contribution in [3.05, 3.63) is 182 Å². The van der Waals surface area contributed by atoms with Gasteiger partial charge in [0.2, 0.25) is 0 Å². The molecule has 216 valence electrons. The second-order valence-electron chi connectivity index (χ2n) is 11.5. The highest BCUT2D eigenvalue weighted by Gasteiger charge is 2.48. The van der Waals surface area contributed by atoms with Crippen LogP contribution in [0.15, 0.2) is 176 Å². The van der Waals surface area contributed by atoms with E-state index in [1.165, 1.54) is 32.1 Å². The predicted molar refractivity (Wildman–Crippen MR) is 192 cm³/mol. The SMILES string of the molecule is N#Cc1ccc(-c2cccc(-c3cccc(N4c5ccccc5[Si](c5ccccc5)(c5ccccc5)c5ccccc54)c3)c2)nc1. The number of benzene rings is 6. The summed E-state index contributed by atoms with van der Waals surface area (Å²) in [4.78, 5) is 6.97. The molecule has 0 N–H and O–H groups in total. The summed E-state index contributed by atoms with van der Waals surface area (Å²) in [6.45, 7) is 0. The Balaban J connectivity index is 1.31. The van der Waals surface area contributed by atoms with Crippen molar-refractivity contribution in [2.45, 2.75) is 0 Å². The van der Waals surface area contributed by atoms with Crippen molar-refractivity contribution in [2.75, 3.05) is 4.90 Å². The van der Waals surface area contributed by atoms with Gasteiger partial charge in [-0.3, -0.25) is 4.98 Å². The van der Waals surface area contributed by atoms with Crippen LogP contribution in [0, 0.1) is 11.3 Å². The third kappa shape index (κ3) is 4.45. The van der Waals surface area contributed by atoms with Gasteiger partial charge in [0.25, 0.3) is 0 Å². The zero-order valence-electron chi connectivity index (χ0n) is 25.1. The lowest BCUT2D eigenvalue weighted by Crippen LogP contribution is -2.77. The highest BCUT2D eigenvalue weighted by molar-refractivity contribution is 7.21. The van der Waals surface area contributed by atoms with Crippen molar-refractivity contribution < 1.29 is 0 Å². The lowest BCUT2D eigenvalue weighted by molar-refractivity contribution is 1.29. The minimum Gasteiger partial charge on any atom is -0.311 e. The van der Waals surface area contributed by atoms with Crippen molar-refractivity contribution in [3.63, 3.8) is 0 Å². The van der Waals surface area contributed by atoms with Crippen LogP contribution in [-0.4, -0.2) is 13.1 Å². The molecule has 4 heteroatoms. The number of fused-ring (bicyclic) bond motifs is 2. The molecule has 0 saturated carbocycles. The van der Waals surface area contributed by atoms with Crippen LogP contribution >= 0.6 is 0 Å². The van der Waals surface area contributed by atoms with Crippen LogP contribution in [0.5, 0.6) is 0 Å². The molecule has 0 fully saturated rings. The molecule has 0 saturated heterocycles. The maximum atomic E-state index is 9.20. The first-order chi connectivity index (χ1) is 22.8. The van der Waals surface area contributed by atoms with Gasteiger partial charge < -0.3 is 4.90 Å². The van der Waals surface area contributed by atoms with Gasteiger partial charge in [-0.2, -0.15) is 5.26 Å². The number of rotatable bonds is 5. The number of anilines is 3. The lowest BCUT2D eigenvalue weighted by atomic mass is 10.0. The number of nitrogens with zero attached hydrogens (tertiary/aromatic N) is 3. The van der Waals surface area contributed by atoms with Crippen molar-refractivity contribution in [3.8, 4) is 28.5 Å². The molecule has 1 aliphatic rings. The molecule has 3 nitrogen and oxygen atoms in total. The molecule has 2 heterocycles. The third-order valence-electron chi connectivity index (χ3n) is 9.00. The number of aromatic nitrogens is 1. The molecule has 7 aromatic rings.